The van der Waals surface area contributed by atoms with Crippen LogP contribution in [0.3, 0.4) is 0 Å². The third-order valence-corrected chi connectivity index (χ3v) is 2.51. The highest BCUT2D eigenvalue weighted by molar-refractivity contribution is 6.32. The molecule has 0 spiro atoms. The van der Waals surface area contributed by atoms with Gasteiger partial charge in [0.05, 0.1) is 11.6 Å². The first kappa shape index (κ1) is 13.9. The Hall–Kier alpha value is -1.16. The quantitative estimate of drug-likeness (QED) is 0.807. The topological polar surface area (TPSA) is 26.3 Å². The van der Waals surface area contributed by atoms with Gasteiger partial charge in [0.25, 0.3) is 0 Å². The zero-order valence-corrected chi connectivity index (χ0v) is 10.4. The minimum absolute atomic E-state index is 0.173. The van der Waals surface area contributed by atoms with E-state index >= 15 is 0 Å². The largest absolute Gasteiger partial charge is 0.492 e. The number of benzene rings is 1. The molecule has 0 unspecified atom stereocenters. The molecule has 0 amide bonds. The predicted molar refractivity (Wildman–Crippen MR) is 61.8 cm³/mol. The maximum Gasteiger partial charge on any atom is 0.330 e. The van der Waals surface area contributed by atoms with Gasteiger partial charge in [0.15, 0.2) is 0 Å². The zero-order valence-electron chi connectivity index (χ0n) is 9.60. The van der Waals surface area contributed by atoms with Crippen LogP contribution in [-0.2, 0) is 10.7 Å². The molecule has 0 bridgehead atoms. The van der Waals surface area contributed by atoms with Crippen LogP contribution >= 0.6 is 11.6 Å². The second-order valence-electron chi connectivity index (χ2n) is 3.62. The number of hydrogen-bond donors (Lipinski definition) is 0. The van der Waals surface area contributed by atoms with Crippen molar-refractivity contribution < 1.29 is 18.3 Å². The number of ether oxygens (including phenoxy) is 1. The summed E-state index contributed by atoms with van der Waals surface area (Å²) in [5, 5.41) is 0.251. The molecule has 0 aliphatic heterocycles. The second kappa shape index (κ2) is 5.45. The Kier molecular flexibility index (Phi) is 4.46. The van der Waals surface area contributed by atoms with Crippen LogP contribution in [0.25, 0.3) is 0 Å². The van der Waals surface area contributed by atoms with E-state index in [0.717, 1.165) is 25.5 Å². The second-order valence-corrected chi connectivity index (χ2v) is 4.03. The van der Waals surface area contributed by atoms with Crippen molar-refractivity contribution in [1.29, 1.82) is 0 Å². The van der Waals surface area contributed by atoms with Gasteiger partial charge in [-0.15, -0.1) is 0 Å². The van der Waals surface area contributed by atoms with Crippen molar-refractivity contribution in [3.63, 3.8) is 0 Å². The van der Waals surface area contributed by atoms with Gasteiger partial charge < -0.3 is 4.74 Å². The van der Waals surface area contributed by atoms with Gasteiger partial charge in [-0.3, -0.25) is 4.79 Å². The molecule has 17 heavy (non-hydrogen) atoms. The van der Waals surface area contributed by atoms with Crippen LogP contribution in [0.5, 0.6) is 5.75 Å². The highest BCUT2D eigenvalue weighted by atomic mass is 35.5. The number of rotatable bonds is 5. The minimum Gasteiger partial charge on any atom is -0.492 e. The maximum absolute atomic E-state index is 13.5. The fraction of sp³-hybridized carbons (Fsp3) is 0.417. The average molecular weight is 263 g/mol. The number of alkyl halides is 2. The van der Waals surface area contributed by atoms with E-state index in [2.05, 4.69) is 0 Å². The fourth-order valence-corrected chi connectivity index (χ4v) is 1.40. The molecule has 1 aromatic rings. The Labute approximate surface area is 104 Å². The van der Waals surface area contributed by atoms with E-state index in [1.165, 1.54) is 6.07 Å². The van der Waals surface area contributed by atoms with Crippen LogP contribution in [0, 0.1) is 0 Å². The van der Waals surface area contributed by atoms with E-state index in [-0.39, 0.29) is 10.8 Å². The summed E-state index contributed by atoms with van der Waals surface area (Å²) in [5.41, 5.74) is -0.402. The molecule has 0 fully saturated rings. The van der Waals surface area contributed by atoms with Crippen LogP contribution < -0.4 is 4.74 Å². The molecule has 1 aromatic carbocycles. The first-order valence-electron chi connectivity index (χ1n) is 5.21. The molecule has 0 aliphatic rings. The SMILES string of the molecule is CCCOc1cc(C(F)(F)C(C)=O)ccc1Cl. The summed E-state index contributed by atoms with van der Waals surface area (Å²) in [6, 6.07) is 3.54. The van der Waals surface area contributed by atoms with Crippen molar-refractivity contribution in [3.05, 3.63) is 28.8 Å². The van der Waals surface area contributed by atoms with Crippen LogP contribution in [-0.4, -0.2) is 12.4 Å². The van der Waals surface area contributed by atoms with Crippen molar-refractivity contribution in [1.82, 2.24) is 0 Å². The molecular formula is C12H13ClF2O2. The number of hydrogen-bond acceptors (Lipinski definition) is 2. The predicted octanol–water partition coefficient (Wildman–Crippen LogP) is 3.81. The molecule has 0 aromatic heterocycles. The van der Waals surface area contributed by atoms with Gasteiger partial charge in [0.2, 0.25) is 5.78 Å². The number of Topliss-reactive ketones (excluding diaryl/α,β-unsaturated/α-hetero) is 1. The van der Waals surface area contributed by atoms with E-state index in [1.807, 2.05) is 6.92 Å². The smallest absolute Gasteiger partial charge is 0.330 e. The first-order chi connectivity index (χ1) is 7.89. The van der Waals surface area contributed by atoms with E-state index < -0.39 is 17.3 Å². The van der Waals surface area contributed by atoms with Gasteiger partial charge in [-0.25, -0.2) is 0 Å². The normalized spacial score (nSPS) is 11.4. The lowest BCUT2D eigenvalue weighted by atomic mass is 10.1. The van der Waals surface area contributed by atoms with Gasteiger partial charge in [-0.1, -0.05) is 24.6 Å². The molecule has 0 saturated heterocycles. The van der Waals surface area contributed by atoms with Gasteiger partial charge in [0, 0.05) is 12.5 Å². The van der Waals surface area contributed by atoms with E-state index in [4.69, 9.17) is 16.3 Å². The summed E-state index contributed by atoms with van der Waals surface area (Å²) in [6.07, 6.45) is 0.740. The van der Waals surface area contributed by atoms with Gasteiger partial charge in [-0.05, 0) is 18.6 Å². The molecule has 0 aliphatic carbocycles. The lowest BCUT2D eigenvalue weighted by Crippen LogP contribution is -2.23. The monoisotopic (exact) mass is 262 g/mol. The van der Waals surface area contributed by atoms with Crippen molar-refractivity contribution in [2.45, 2.75) is 26.2 Å². The Morgan fingerprint density at radius 3 is 2.65 bits per heavy atom. The lowest BCUT2D eigenvalue weighted by Gasteiger charge is -2.15. The summed E-state index contributed by atoms with van der Waals surface area (Å²) in [6.45, 7) is 3.12. The molecular weight excluding hydrogens is 250 g/mol. The molecule has 2 nitrogen and oxygen atoms in total. The third kappa shape index (κ3) is 3.16. The minimum atomic E-state index is -3.51. The van der Waals surface area contributed by atoms with Gasteiger partial charge >= 0.3 is 5.92 Å². The molecule has 1 rings (SSSR count). The molecule has 0 radical (unpaired) electrons. The summed E-state index contributed by atoms with van der Waals surface area (Å²) < 4.78 is 32.2. The summed E-state index contributed by atoms with van der Waals surface area (Å²) in [4.78, 5) is 10.9. The third-order valence-electron chi connectivity index (χ3n) is 2.20. The number of halogens is 3. The standard InChI is InChI=1S/C12H13ClF2O2/c1-3-6-17-11-7-9(4-5-10(11)13)12(14,15)8(2)16/h4-5,7H,3,6H2,1-2H3. The lowest BCUT2D eigenvalue weighted by molar-refractivity contribution is -0.141. The Bertz CT molecular complexity index is 419. The average Bonchev–Trinajstić information content (AvgIpc) is 2.27. The highest BCUT2D eigenvalue weighted by Gasteiger charge is 2.37. The molecule has 0 saturated carbocycles. The van der Waals surface area contributed by atoms with Crippen LogP contribution in [0.1, 0.15) is 25.8 Å². The zero-order chi connectivity index (χ0) is 13.1. The van der Waals surface area contributed by atoms with Crippen molar-refractivity contribution in [2.24, 2.45) is 0 Å². The van der Waals surface area contributed by atoms with Crippen LogP contribution in [0.2, 0.25) is 5.02 Å². The van der Waals surface area contributed by atoms with Gasteiger partial charge in [-0.2, -0.15) is 8.78 Å². The molecule has 94 valence electrons. The summed E-state index contributed by atoms with van der Waals surface area (Å²) in [7, 11) is 0. The highest BCUT2D eigenvalue weighted by Crippen LogP contribution is 2.34. The summed E-state index contributed by atoms with van der Waals surface area (Å²) >= 11 is 5.81. The number of ketones is 1. The fourth-order valence-electron chi connectivity index (χ4n) is 1.22. The summed E-state index contributed by atoms with van der Waals surface area (Å²) in [5.74, 6) is -4.54. The maximum atomic E-state index is 13.5. The van der Waals surface area contributed by atoms with E-state index in [0.29, 0.717) is 6.61 Å². The molecule has 0 atom stereocenters. The molecule has 5 heteroatoms. The van der Waals surface area contributed by atoms with E-state index in [9.17, 15) is 13.6 Å². The van der Waals surface area contributed by atoms with Crippen molar-refractivity contribution in [2.75, 3.05) is 6.61 Å². The van der Waals surface area contributed by atoms with E-state index in [1.54, 1.807) is 0 Å². The Balaban J connectivity index is 3.07. The van der Waals surface area contributed by atoms with Crippen molar-refractivity contribution >= 4 is 17.4 Å². The van der Waals surface area contributed by atoms with Crippen molar-refractivity contribution in [3.8, 4) is 5.75 Å². The number of carbonyl (C=O) groups is 1. The Morgan fingerprint density at radius 1 is 1.47 bits per heavy atom. The van der Waals surface area contributed by atoms with Gasteiger partial charge in [0.1, 0.15) is 5.75 Å². The van der Waals surface area contributed by atoms with Crippen LogP contribution in [0.4, 0.5) is 8.78 Å². The first-order valence-corrected chi connectivity index (χ1v) is 5.59. The molecule has 0 heterocycles. The molecule has 0 N–H and O–H groups in total. The van der Waals surface area contributed by atoms with Crippen LogP contribution in [0.15, 0.2) is 18.2 Å². The Morgan fingerprint density at radius 2 is 2.12 bits per heavy atom. The number of carbonyl (C=O) groups excluding carboxylic acids is 1.